The van der Waals surface area contributed by atoms with E-state index >= 15 is 0 Å². The number of barbiturate groups is 1. The van der Waals surface area contributed by atoms with Crippen LogP contribution in [0.3, 0.4) is 0 Å². The maximum atomic E-state index is 13.4. The van der Waals surface area contributed by atoms with Crippen molar-refractivity contribution in [2.45, 2.75) is 20.5 Å². The molecule has 35 heavy (non-hydrogen) atoms. The molecular weight excluding hydrogens is 468 g/mol. The van der Waals surface area contributed by atoms with Crippen molar-refractivity contribution in [1.82, 2.24) is 5.32 Å². The number of ether oxygens (including phenoxy) is 2. The average molecular weight is 491 g/mol. The molecule has 3 aromatic rings. The monoisotopic (exact) mass is 490 g/mol. The second-order valence-corrected chi connectivity index (χ2v) is 8.37. The summed E-state index contributed by atoms with van der Waals surface area (Å²) in [6, 6.07) is 16.8. The van der Waals surface area contributed by atoms with Crippen LogP contribution in [-0.4, -0.2) is 25.0 Å². The fourth-order valence-electron chi connectivity index (χ4n) is 3.67. The lowest BCUT2D eigenvalue weighted by Crippen LogP contribution is -2.54. The minimum atomic E-state index is -0.796. The van der Waals surface area contributed by atoms with E-state index in [1.807, 2.05) is 38.1 Å². The van der Waals surface area contributed by atoms with Gasteiger partial charge in [-0.25, -0.2) is 9.69 Å². The van der Waals surface area contributed by atoms with Crippen molar-refractivity contribution in [3.8, 4) is 11.5 Å². The summed E-state index contributed by atoms with van der Waals surface area (Å²) < 4.78 is 11.3. The van der Waals surface area contributed by atoms with Gasteiger partial charge in [0.2, 0.25) is 0 Å². The molecule has 1 fully saturated rings. The summed E-state index contributed by atoms with van der Waals surface area (Å²) >= 11 is 6.24. The van der Waals surface area contributed by atoms with E-state index < -0.39 is 17.8 Å². The van der Waals surface area contributed by atoms with Crippen LogP contribution >= 0.6 is 11.6 Å². The van der Waals surface area contributed by atoms with Crippen molar-refractivity contribution in [3.63, 3.8) is 0 Å². The summed E-state index contributed by atoms with van der Waals surface area (Å²) in [6.07, 6.45) is 1.41. The van der Waals surface area contributed by atoms with Gasteiger partial charge in [0.1, 0.15) is 23.7 Å². The smallest absolute Gasteiger partial charge is 0.335 e. The number of amides is 4. The number of hydrogen-bond acceptors (Lipinski definition) is 5. The van der Waals surface area contributed by atoms with E-state index in [1.165, 1.54) is 13.2 Å². The SMILES string of the molecule is COc1ccc(/C=C2\C(=O)NC(=O)N(c3cccc(C)c3C)C2=O)c(OCc2ccccc2Cl)c1. The highest BCUT2D eigenvalue weighted by Crippen LogP contribution is 2.31. The Morgan fingerprint density at radius 3 is 2.51 bits per heavy atom. The van der Waals surface area contributed by atoms with Gasteiger partial charge in [0.25, 0.3) is 11.8 Å². The number of imide groups is 2. The number of urea groups is 1. The summed E-state index contributed by atoms with van der Waals surface area (Å²) in [5.74, 6) is -0.588. The largest absolute Gasteiger partial charge is 0.497 e. The van der Waals surface area contributed by atoms with Crippen molar-refractivity contribution < 1.29 is 23.9 Å². The van der Waals surface area contributed by atoms with Crippen LogP contribution in [0, 0.1) is 13.8 Å². The van der Waals surface area contributed by atoms with Gasteiger partial charge < -0.3 is 9.47 Å². The van der Waals surface area contributed by atoms with Gasteiger partial charge in [-0.15, -0.1) is 0 Å². The third-order valence-corrected chi connectivity index (χ3v) is 6.15. The Hall–Kier alpha value is -4.10. The molecule has 4 rings (SSSR count). The van der Waals surface area contributed by atoms with Gasteiger partial charge in [-0.3, -0.25) is 14.9 Å². The molecule has 3 aromatic carbocycles. The molecule has 1 saturated heterocycles. The molecule has 1 aliphatic rings. The van der Waals surface area contributed by atoms with Gasteiger partial charge in [0, 0.05) is 22.2 Å². The zero-order valence-electron chi connectivity index (χ0n) is 19.4. The predicted octanol–water partition coefficient (Wildman–Crippen LogP) is 5.21. The molecule has 0 aliphatic carbocycles. The van der Waals surface area contributed by atoms with Crippen molar-refractivity contribution in [1.29, 1.82) is 0 Å². The Bertz CT molecular complexity index is 1370. The van der Waals surface area contributed by atoms with E-state index in [9.17, 15) is 14.4 Å². The highest BCUT2D eigenvalue weighted by molar-refractivity contribution is 6.39. The summed E-state index contributed by atoms with van der Waals surface area (Å²) in [7, 11) is 1.52. The number of methoxy groups -OCH3 is 1. The molecule has 0 atom stereocenters. The Labute approximate surface area is 207 Å². The zero-order valence-corrected chi connectivity index (χ0v) is 20.2. The molecule has 1 heterocycles. The molecule has 0 spiro atoms. The van der Waals surface area contributed by atoms with Crippen molar-refractivity contribution in [3.05, 3.63) is 93.5 Å². The van der Waals surface area contributed by atoms with E-state index in [-0.39, 0.29) is 12.2 Å². The van der Waals surface area contributed by atoms with Crippen LogP contribution in [0.15, 0.2) is 66.2 Å². The molecule has 0 bridgehead atoms. The van der Waals surface area contributed by atoms with E-state index in [0.29, 0.717) is 27.8 Å². The molecule has 1 N–H and O–H groups in total. The average Bonchev–Trinajstić information content (AvgIpc) is 2.84. The van der Waals surface area contributed by atoms with Gasteiger partial charge in [0.15, 0.2) is 0 Å². The molecule has 8 heteroatoms. The Kier molecular flexibility index (Phi) is 6.89. The Morgan fingerprint density at radius 2 is 1.77 bits per heavy atom. The van der Waals surface area contributed by atoms with E-state index in [1.54, 1.807) is 36.4 Å². The van der Waals surface area contributed by atoms with Crippen LogP contribution in [0.2, 0.25) is 5.02 Å². The highest BCUT2D eigenvalue weighted by atomic mass is 35.5. The van der Waals surface area contributed by atoms with Crippen LogP contribution in [0.4, 0.5) is 10.5 Å². The zero-order chi connectivity index (χ0) is 25.1. The molecule has 7 nitrogen and oxygen atoms in total. The summed E-state index contributed by atoms with van der Waals surface area (Å²) in [5, 5.41) is 2.81. The third-order valence-electron chi connectivity index (χ3n) is 5.78. The molecule has 178 valence electrons. The second-order valence-electron chi connectivity index (χ2n) is 7.96. The van der Waals surface area contributed by atoms with Crippen LogP contribution in [0.1, 0.15) is 22.3 Å². The first-order chi connectivity index (χ1) is 16.8. The summed E-state index contributed by atoms with van der Waals surface area (Å²) in [4.78, 5) is 39.6. The molecule has 0 saturated carbocycles. The number of carbonyl (C=O) groups is 3. The van der Waals surface area contributed by atoms with Crippen molar-refractivity contribution in [2.24, 2.45) is 0 Å². The number of aryl methyl sites for hydroxylation is 1. The van der Waals surface area contributed by atoms with Crippen LogP contribution in [0.25, 0.3) is 6.08 Å². The number of nitrogens with one attached hydrogen (secondary N) is 1. The number of anilines is 1. The van der Waals surface area contributed by atoms with E-state index in [0.717, 1.165) is 21.6 Å². The van der Waals surface area contributed by atoms with Crippen molar-refractivity contribution >= 4 is 41.2 Å². The standard InChI is InChI=1S/C27H23ClN2O5/c1-16-7-6-10-23(17(16)2)30-26(32)21(25(31)29-27(30)33)13-18-11-12-20(34-3)14-24(18)35-15-19-8-4-5-9-22(19)28/h4-14H,15H2,1-3H3,(H,29,31,33)/b21-13+. The third kappa shape index (κ3) is 4.90. The van der Waals surface area contributed by atoms with Gasteiger partial charge in [-0.1, -0.05) is 41.9 Å². The van der Waals surface area contributed by atoms with Crippen LogP contribution in [-0.2, 0) is 16.2 Å². The first-order valence-corrected chi connectivity index (χ1v) is 11.2. The van der Waals surface area contributed by atoms with E-state index in [2.05, 4.69) is 5.32 Å². The first-order valence-electron chi connectivity index (χ1n) is 10.8. The predicted molar refractivity (Wildman–Crippen MR) is 134 cm³/mol. The number of hydrogen-bond donors (Lipinski definition) is 1. The minimum Gasteiger partial charge on any atom is -0.497 e. The lowest BCUT2D eigenvalue weighted by Gasteiger charge is -2.28. The second kappa shape index (κ2) is 10.0. The lowest BCUT2D eigenvalue weighted by atomic mass is 10.0. The number of carbonyl (C=O) groups excluding carboxylic acids is 3. The lowest BCUT2D eigenvalue weighted by molar-refractivity contribution is -0.122. The van der Waals surface area contributed by atoms with Gasteiger partial charge in [-0.05, 0) is 55.3 Å². The van der Waals surface area contributed by atoms with Crippen LogP contribution in [0.5, 0.6) is 11.5 Å². The number of benzene rings is 3. The normalized spacial score (nSPS) is 14.8. The molecule has 1 aliphatic heterocycles. The van der Waals surface area contributed by atoms with Gasteiger partial charge in [0.05, 0.1) is 12.8 Å². The Balaban J connectivity index is 1.72. The van der Waals surface area contributed by atoms with Gasteiger partial charge >= 0.3 is 6.03 Å². The number of rotatable bonds is 6. The maximum absolute atomic E-state index is 13.4. The fourth-order valence-corrected chi connectivity index (χ4v) is 3.86. The minimum absolute atomic E-state index is 0.163. The molecule has 0 aromatic heterocycles. The van der Waals surface area contributed by atoms with Gasteiger partial charge in [-0.2, -0.15) is 0 Å². The summed E-state index contributed by atoms with van der Waals surface area (Å²) in [6.45, 7) is 3.86. The van der Waals surface area contributed by atoms with E-state index in [4.69, 9.17) is 21.1 Å². The Morgan fingerprint density at radius 1 is 1.00 bits per heavy atom. The molecule has 0 radical (unpaired) electrons. The maximum Gasteiger partial charge on any atom is 0.335 e. The molecular formula is C27H23ClN2O5. The number of halogens is 1. The van der Waals surface area contributed by atoms with Crippen molar-refractivity contribution in [2.75, 3.05) is 12.0 Å². The molecule has 0 unspecified atom stereocenters. The topological polar surface area (TPSA) is 84.9 Å². The quantitative estimate of drug-likeness (QED) is 0.378. The number of nitrogens with zero attached hydrogens (tertiary/aromatic N) is 1. The first kappa shape index (κ1) is 24.0. The molecule has 4 amide bonds. The van der Waals surface area contributed by atoms with Crippen LogP contribution < -0.4 is 19.7 Å². The fraction of sp³-hybridized carbons (Fsp3) is 0.148. The highest BCUT2D eigenvalue weighted by Gasteiger charge is 2.37. The summed E-state index contributed by atoms with van der Waals surface area (Å²) in [5.41, 5.74) is 3.13.